The Hall–Kier alpha value is -0.580. The number of hydrogen-bond donors (Lipinski definition) is 2. The molecule has 1 rings (SSSR count). The Bertz CT molecular complexity index is 284. The largest absolute Gasteiger partial charge is 0.481 e. The average molecular weight is 207 g/mol. The van der Waals surface area contributed by atoms with Crippen LogP contribution in [0.5, 0.6) is 0 Å². The van der Waals surface area contributed by atoms with Crippen molar-refractivity contribution in [2.24, 2.45) is 0 Å². The van der Waals surface area contributed by atoms with Crippen LogP contribution in [0.3, 0.4) is 0 Å². The summed E-state index contributed by atoms with van der Waals surface area (Å²) < 4.78 is 0. The first-order chi connectivity index (χ1) is 5.59. The minimum Gasteiger partial charge on any atom is -0.481 e. The van der Waals surface area contributed by atoms with Gasteiger partial charge in [-0.05, 0) is 6.07 Å². The smallest absolute Gasteiger partial charge is 0.306 e. The molecule has 0 bridgehead atoms. The number of hydrogen-bond acceptors (Lipinski definition) is 3. The van der Waals surface area contributed by atoms with Gasteiger partial charge >= 0.3 is 5.97 Å². The maximum Gasteiger partial charge on any atom is 0.306 e. The lowest BCUT2D eigenvalue weighted by molar-refractivity contribution is -0.139. The second-order valence-electron chi connectivity index (χ2n) is 2.28. The Morgan fingerprint density at radius 2 is 2.42 bits per heavy atom. The number of thiophene rings is 1. The Labute approximate surface area is 78.2 Å². The van der Waals surface area contributed by atoms with E-state index >= 15 is 0 Å². The fourth-order valence-corrected chi connectivity index (χ4v) is 1.84. The van der Waals surface area contributed by atoms with E-state index in [0.29, 0.717) is 9.90 Å². The fourth-order valence-electron chi connectivity index (χ4n) is 0.769. The van der Waals surface area contributed by atoms with Gasteiger partial charge in [0.15, 0.2) is 0 Å². The van der Waals surface area contributed by atoms with Crippen molar-refractivity contribution < 1.29 is 15.0 Å². The Morgan fingerprint density at radius 3 is 2.83 bits per heavy atom. The Morgan fingerprint density at radius 1 is 1.75 bits per heavy atom. The molecule has 0 fully saturated rings. The van der Waals surface area contributed by atoms with Crippen LogP contribution in [0, 0.1) is 0 Å². The summed E-state index contributed by atoms with van der Waals surface area (Å²) in [6.45, 7) is 0. The lowest BCUT2D eigenvalue weighted by atomic mass is 10.2. The molecule has 3 nitrogen and oxygen atoms in total. The maximum atomic E-state index is 10.2. The number of carboxylic acids is 1. The van der Waals surface area contributed by atoms with Crippen LogP contribution in [0.1, 0.15) is 17.4 Å². The summed E-state index contributed by atoms with van der Waals surface area (Å²) in [6, 6.07) is 1.57. The quantitative estimate of drug-likeness (QED) is 0.795. The molecule has 0 aliphatic heterocycles. The molecule has 0 aromatic carbocycles. The standard InChI is InChI=1S/C7H7ClO3S/c8-4-1-6(12-3-4)5(9)2-7(10)11/h1,3,5,9H,2H2,(H,10,11)/t5-/m1/s1. The number of aliphatic carboxylic acids is 1. The summed E-state index contributed by atoms with van der Waals surface area (Å²) in [5, 5.41) is 19.8. The molecular weight excluding hydrogens is 200 g/mol. The van der Waals surface area contributed by atoms with Gasteiger partial charge in [0.2, 0.25) is 0 Å². The predicted octanol–water partition coefficient (Wildman–Crippen LogP) is 1.91. The van der Waals surface area contributed by atoms with Crippen molar-refractivity contribution in [2.45, 2.75) is 12.5 Å². The van der Waals surface area contributed by atoms with Crippen LogP contribution >= 0.6 is 22.9 Å². The predicted molar refractivity (Wildman–Crippen MR) is 46.5 cm³/mol. The van der Waals surface area contributed by atoms with Crippen molar-refractivity contribution in [3.8, 4) is 0 Å². The summed E-state index contributed by atoms with van der Waals surface area (Å²) >= 11 is 6.85. The maximum absolute atomic E-state index is 10.2. The van der Waals surface area contributed by atoms with E-state index in [1.807, 2.05) is 0 Å². The topological polar surface area (TPSA) is 57.5 Å². The Kier molecular flexibility index (Phi) is 3.08. The van der Waals surface area contributed by atoms with Crippen LogP contribution in [0.15, 0.2) is 11.4 Å². The molecule has 0 radical (unpaired) electrons. The number of aliphatic hydroxyl groups is 1. The highest BCUT2D eigenvalue weighted by molar-refractivity contribution is 7.10. The molecule has 1 aromatic rings. The summed E-state index contributed by atoms with van der Waals surface area (Å²) in [5.41, 5.74) is 0. The summed E-state index contributed by atoms with van der Waals surface area (Å²) in [6.07, 6.45) is -1.23. The van der Waals surface area contributed by atoms with E-state index < -0.39 is 12.1 Å². The fraction of sp³-hybridized carbons (Fsp3) is 0.286. The first kappa shape index (κ1) is 9.51. The van der Waals surface area contributed by atoms with Crippen LogP contribution in [0.25, 0.3) is 0 Å². The van der Waals surface area contributed by atoms with Crippen molar-refractivity contribution >= 4 is 28.9 Å². The molecule has 0 aliphatic rings. The lowest BCUT2D eigenvalue weighted by Crippen LogP contribution is -2.03. The highest BCUT2D eigenvalue weighted by atomic mass is 35.5. The van der Waals surface area contributed by atoms with Crippen LogP contribution in [-0.4, -0.2) is 16.2 Å². The molecule has 0 saturated carbocycles. The van der Waals surface area contributed by atoms with Crippen LogP contribution in [-0.2, 0) is 4.79 Å². The van der Waals surface area contributed by atoms with E-state index in [-0.39, 0.29) is 6.42 Å². The number of halogens is 1. The lowest BCUT2D eigenvalue weighted by Gasteiger charge is -2.02. The van der Waals surface area contributed by atoms with Gasteiger partial charge in [-0.2, -0.15) is 0 Å². The van der Waals surface area contributed by atoms with Gasteiger partial charge in [0.05, 0.1) is 17.5 Å². The molecule has 1 aromatic heterocycles. The third-order valence-corrected chi connectivity index (χ3v) is 2.67. The third-order valence-electron chi connectivity index (χ3n) is 1.28. The molecule has 5 heteroatoms. The van der Waals surface area contributed by atoms with Crippen LogP contribution in [0.4, 0.5) is 0 Å². The van der Waals surface area contributed by atoms with E-state index in [1.54, 1.807) is 11.4 Å². The number of carbonyl (C=O) groups is 1. The van der Waals surface area contributed by atoms with Crippen molar-refractivity contribution in [2.75, 3.05) is 0 Å². The monoisotopic (exact) mass is 206 g/mol. The van der Waals surface area contributed by atoms with Gasteiger partial charge in [0, 0.05) is 10.3 Å². The van der Waals surface area contributed by atoms with Crippen molar-refractivity contribution in [1.82, 2.24) is 0 Å². The Balaban J connectivity index is 2.64. The first-order valence-electron chi connectivity index (χ1n) is 3.23. The number of carboxylic acid groups (broad SMARTS) is 1. The van der Waals surface area contributed by atoms with E-state index in [4.69, 9.17) is 16.7 Å². The van der Waals surface area contributed by atoms with Gasteiger partial charge in [0.1, 0.15) is 0 Å². The highest BCUT2D eigenvalue weighted by Gasteiger charge is 2.13. The van der Waals surface area contributed by atoms with Crippen molar-refractivity contribution in [3.05, 3.63) is 21.3 Å². The summed E-state index contributed by atoms with van der Waals surface area (Å²) in [7, 11) is 0. The second-order valence-corrected chi connectivity index (χ2v) is 3.66. The molecule has 0 saturated heterocycles. The zero-order valence-electron chi connectivity index (χ0n) is 6.03. The van der Waals surface area contributed by atoms with Gasteiger partial charge in [-0.25, -0.2) is 0 Å². The van der Waals surface area contributed by atoms with E-state index in [2.05, 4.69) is 0 Å². The minimum absolute atomic E-state index is 0.281. The van der Waals surface area contributed by atoms with E-state index in [0.717, 1.165) is 0 Å². The molecule has 0 aliphatic carbocycles. The highest BCUT2D eigenvalue weighted by Crippen LogP contribution is 2.26. The summed E-state index contributed by atoms with van der Waals surface area (Å²) in [5.74, 6) is -1.02. The van der Waals surface area contributed by atoms with Gasteiger partial charge in [0.25, 0.3) is 0 Å². The number of rotatable bonds is 3. The van der Waals surface area contributed by atoms with E-state index in [9.17, 15) is 9.90 Å². The van der Waals surface area contributed by atoms with Crippen molar-refractivity contribution in [3.63, 3.8) is 0 Å². The summed E-state index contributed by atoms with van der Waals surface area (Å²) in [4.78, 5) is 10.8. The SMILES string of the molecule is O=C(O)C[C@@H](O)c1cc(Cl)cs1. The third kappa shape index (κ3) is 2.48. The minimum atomic E-state index is -1.02. The molecule has 12 heavy (non-hydrogen) atoms. The zero-order valence-corrected chi connectivity index (χ0v) is 7.60. The van der Waals surface area contributed by atoms with Crippen LogP contribution in [0.2, 0.25) is 5.02 Å². The molecule has 2 N–H and O–H groups in total. The van der Waals surface area contributed by atoms with Crippen molar-refractivity contribution in [1.29, 1.82) is 0 Å². The molecule has 0 spiro atoms. The zero-order chi connectivity index (χ0) is 9.14. The van der Waals surface area contributed by atoms with Crippen LogP contribution < -0.4 is 0 Å². The molecule has 1 atom stereocenters. The van der Waals surface area contributed by atoms with E-state index in [1.165, 1.54) is 11.3 Å². The molecular formula is C7H7ClO3S. The molecule has 1 heterocycles. The van der Waals surface area contributed by atoms with Gasteiger partial charge < -0.3 is 10.2 Å². The molecule has 0 amide bonds. The normalized spacial score (nSPS) is 12.8. The van der Waals surface area contributed by atoms with Gasteiger partial charge in [-0.15, -0.1) is 11.3 Å². The van der Waals surface area contributed by atoms with Gasteiger partial charge in [-0.1, -0.05) is 11.6 Å². The average Bonchev–Trinajstić information content (AvgIpc) is 2.34. The molecule has 0 unspecified atom stereocenters. The number of aliphatic hydroxyl groups excluding tert-OH is 1. The first-order valence-corrected chi connectivity index (χ1v) is 4.49. The van der Waals surface area contributed by atoms with Gasteiger partial charge in [-0.3, -0.25) is 4.79 Å². The molecule has 66 valence electrons. The second kappa shape index (κ2) is 3.89.